The van der Waals surface area contributed by atoms with Crippen molar-refractivity contribution in [1.29, 1.82) is 0 Å². The molecule has 3 aromatic rings. The molecule has 0 unspecified atom stereocenters. The number of carbonyl (C=O) groups is 3. The van der Waals surface area contributed by atoms with Crippen LogP contribution in [0.25, 0.3) is 17.0 Å². The Balaban J connectivity index is 1.81. The highest BCUT2D eigenvalue weighted by atomic mass is 79.9. The second-order valence-electron chi connectivity index (χ2n) is 7.20. The molecule has 1 saturated heterocycles. The van der Waals surface area contributed by atoms with Gasteiger partial charge in [-0.25, -0.2) is 9.69 Å². The summed E-state index contributed by atoms with van der Waals surface area (Å²) in [5.74, 6) is -1.34. The van der Waals surface area contributed by atoms with Crippen molar-refractivity contribution in [2.75, 3.05) is 4.90 Å². The predicted octanol–water partition coefficient (Wildman–Crippen LogP) is 5.04. The average molecular weight is 466 g/mol. The van der Waals surface area contributed by atoms with E-state index < -0.39 is 17.8 Å². The van der Waals surface area contributed by atoms with Crippen LogP contribution in [0, 0.1) is 0 Å². The maximum atomic E-state index is 13.1. The van der Waals surface area contributed by atoms with Gasteiger partial charge in [-0.15, -0.1) is 0 Å². The van der Waals surface area contributed by atoms with Gasteiger partial charge in [-0.05, 0) is 49.8 Å². The summed E-state index contributed by atoms with van der Waals surface area (Å²) in [6.45, 7) is 4.23. The van der Waals surface area contributed by atoms with Crippen LogP contribution in [0.1, 0.15) is 31.9 Å². The third-order valence-corrected chi connectivity index (χ3v) is 5.85. The Kier molecular flexibility index (Phi) is 5.30. The molecular weight excluding hydrogens is 446 g/mol. The SMILES string of the molecule is CC[C@@H](C)n1cc(/C=C2\C(=O)NC(=O)N(c3ccc(Br)cc3)C2=O)c2ccccc21. The van der Waals surface area contributed by atoms with Crippen LogP contribution in [-0.4, -0.2) is 22.4 Å². The maximum absolute atomic E-state index is 13.1. The third-order valence-electron chi connectivity index (χ3n) is 5.32. The van der Waals surface area contributed by atoms with Crippen molar-refractivity contribution < 1.29 is 14.4 Å². The van der Waals surface area contributed by atoms with Crippen molar-refractivity contribution >= 4 is 56.4 Å². The number of aromatic nitrogens is 1. The van der Waals surface area contributed by atoms with E-state index in [0.717, 1.165) is 32.3 Å². The van der Waals surface area contributed by atoms with Crippen LogP contribution in [0.2, 0.25) is 0 Å². The van der Waals surface area contributed by atoms with Crippen LogP contribution >= 0.6 is 15.9 Å². The van der Waals surface area contributed by atoms with E-state index in [1.54, 1.807) is 30.3 Å². The number of anilines is 1. The number of carbonyl (C=O) groups excluding carboxylic acids is 3. The van der Waals surface area contributed by atoms with Gasteiger partial charge in [0.2, 0.25) is 0 Å². The Hall–Kier alpha value is -3.19. The molecule has 0 radical (unpaired) electrons. The first-order valence-electron chi connectivity index (χ1n) is 9.67. The number of nitrogens with one attached hydrogen (secondary N) is 1. The quantitative estimate of drug-likeness (QED) is 0.433. The summed E-state index contributed by atoms with van der Waals surface area (Å²) >= 11 is 3.34. The topological polar surface area (TPSA) is 71.4 Å². The lowest BCUT2D eigenvalue weighted by atomic mass is 10.1. The van der Waals surface area contributed by atoms with E-state index >= 15 is 0 Å². The molecule has 1 aliphatic heterocycles. The highest BCUT2D eigenvalue weighted by molar-refractivity contribution is 9.10. The Morgan fingerprint density at radius 1 is 1.07 bits per heavy atom. The Labute approximate surface area is 182 Å². The van der Waals surface area contributed by atoms with Gasteiger partial charge in [0.05, 0.1) is 5.69 Å². The molecule has 2 aromatic carbocycles. The number of rotatable bonds is 4. The molecule has 0 saturated carbocycles. The van der Waals surface area contributed by atoms with Crippen molar-refractivity contribution in [2.24, 2.45) is 0 Å². The largest absolute Gasteiger partial charge is 0.344 e. The molecule has 1 aliphatic rings. The summed E-state index contributed by atoms with van der Waals surface area (Å²) in [5, 5.41) is 3.22. The number of barbiturate groups is 1. The van der Waals surface area contributed by atoms with Crippen LogP contribution in [0.4, 0.5) is 10.5 Å². The number of para-hydroxylation sites is 1. The Morgan fingerprint density at radius 3 is 2.47 bits per heavy atom. The molecule has 1 fully saturated rings. The van der Waals surface area contributed by atoms with Gasteiger partial charge in [0.1, 0.15) is 5.57 Å². The van der Waals surface area contributed by atoms with E-state index in [1.165, 1.54) is 0 Å². The summed E-state index contributed by atoms with van der Waals surface area (Å²) in [6.07, 6.45) is 4.46. The van der Waals surface area contributed by atoms with Gasteiger partial charge in [-0.2, -0.15) is 0 Å². The molecule has 1 atom stereocenters. The normalized spacial score (nSPS) is 17.0. The van der Waals surface area contributed by atoms with Crippen LogP contribution in [0.15, 0.2) is 64.8 Å². The second kappa shape index (κ2) is 7.91. The van der Waals surface area contributed by atoms with Gasteiger partial charge < -0.3 is 4.57 Å². The molecule has 0 spiro atoms. The van der Waals surface area contributed by atoms with Gasteiger partial charge in [0, 0.05) is 33.2 Å². The van der Waals surface area contributed by atoms with Crippen molar-refractivity contribution in [1.82, 2.24) is 9.88 Å². The van der Waals surface area contributed by atoms with Gasteiger partial charge >= 0.3 is 6.03 Å². The van der Waals surface area contributed by atoms with Gasteiger partial charge in [0.15, 0.2) is 0 Å². The molecule has 152 valence electrons. The third kappa shape index (κ3) is 3.45. The molecule has 7 heteroatoms. The molecule has 0 bridgehead atoms. The minimum Gasteiger partial charge on any atom is -0.344 e. The van der Waals surface area contributed by atoms with Gasteiger partial charge in [-0.3, -0.25) is 14.9 Å². The van der Waals surface area contributed by atoms with E-state index in [0.29, 0.717) is 5.69 Å². The van der Waals surface area contributed by atoms with E-state index in [9.17, 15) is 14.4 Å². The standard InChI is InChI=1S/C23H20BrN3O3/c1-3-14(2)26-13-15(18-6-4-5-7-20(18)26)12-19-21(28)25-23(30)27(22(19)29)17-10-8-16(24)9-11-17/h4-14H,3H2,1-2H3,(H,25,28,30)/b19-12+/t14-/m1/s1. The van der Waals surface area contributed by atoms with E-state index in [2.05, 4.69) is 39.7 Å². The fourth-order valence-corrected chi connectivity index (χ4v) is 3.81. The fraction of sp³-hybridized carbons (Fsp3) is 0.174. The smallest absolute Gasteiger partial charge is 0.335 e. The number of hydrogen-bond acceptors (Lipinski definition) is 3. The zero-order valence-electron chi connectivity index (χ0n) is 16.6. The molecule has 1 N–H and O–H groups in total. The van der Waals surface area contributed by atoms with Crippen LogP contribution in [-0.2, 0) is 9.59 Å². The molecule has 4 rings (SSSR count). The van der Waals surface area contributed by atoms with E-state index in [-0.39, 0.29) is 11.6 Å². The second-order valence-corrected chi connectivity index (χ2v) is 8.12. The number of amides is 4. The highest BCUT2D eigenvalue weighted by Gasteiger charge is 2.37. The molecule has 30 heavy (non-hydrogen) atoms. The van der Waals surface area contributed by atoms with Gasteiger partial charge in [-0.1, -0.05) is 41.1 Å². The number of benzene rings is 2. The lowest BCUT2D eigenvalue weighted by molar-refractivity contribution is -0.122. The van der Waals surface area contributed by atoms with Crippen molar-refractivity contribution in [3.63, 3.8) is 0 Å². The van der Waals surface area contributed by atoms with Crippen molar-refractivity contribution in [3.8, 4) is 0 Å². The average Bonchev–Trinajstić information content (AvgIpc) is 3.10. The fourth-order valence-electron chi connectivity index (χ4n) is 3.55. The number of fused-ring (bicyclic) bond motifs is 1. The summed E-state index contributed by atoms with van der Waals surface area (Å²) in [6, 6.07) is 14.1. The van der Waals surface area contributed by atoms with Crippen LogP contribution < -0.4 is 10.2 Å². The molecule has 1 aromatic heterocycles. The lowest BCUT2D eigenvalue weighted by Gasteiger charge is -2.26. The number of hydrogen-bond donors (Lipinski definition) is 1. The zero-order valence-corrected chi connectivity index (χ0v) is 18.1. The number of imide groups is 2. The number of halogens is 1. The van der Waals surface area contributed by atoms with E-state index in [1.807, 2.05) is 30.5 Å². The first kappa shape index (κ1) is 20.1. The summed E-state index contributed by atoms with van der Waals surface area (Å²) in [7, 11) is 0. The first-order chi connectivity index (χ1) is 14.4. The summed E-state index contributed by atoms with van der Waals surface area (Å²) < 4.78 is 2.96. The van der Waals surface area contributed by atoms with Crippen LogP contribution in [0.5, 0.6) is 0 Å². The minimum absolute atomic E-state index is 0.0791. The summed E-state index contributed by atoms with van der Waals surface area (Å²) in [5.41, 5.74) is 2.10. The monoisotopic (exact) mass is 465 g/mol. The number of urea groups is 1. The van der Waals surface area contributed by atoms with Crippen LogP contribution in [0.3, 0.4) is 0 Å². The van der Waals surface area contributed by atoms with Gasteiger partial charge in [0.25, 0.3) is 11.8 Å². The number of nitrogens with zero attached hydrogens (tertiary/aromatic N) is 2. The molecular formula is C23H20BrN3O3. The molecule has 4 amide bonds. The van der Waals surface area contributed by atoms with Crippen molar-refractivity contribution in [3.05, 3.63) is 70.3 Å². The lowest BCUT2D eigenvalue weighted by Crippen LogP contribution is -2.54. The molecule has 2 heterocycles. The summed E-state index contributed by atoms with van der Waals surface area (Å²) in [4.78, 5) is 39.0. The first-order valence-corrected chi connectivity index (χ1v) is 10.5. The maximum Gasteiger partial charge on any atom is 0.335 e. The van der Waals surface area contributed by atoms with Crippen molar-refractivity contribution in [2.45, 2.75) is 26.3 Å². The minimum atomic E-state index is -0.758. The highest BCUT2D eigenvalue weighted by Crippen LogP contribution is 2.29. The van der Waals surface area contributed by atoms with E-state index in [4.69, 9.17) is 0 Å². The predicted molar refractivity (Wildman–Crippen MR) is 120 cm³/mol. The Morgan fingerprint density at radius 2 is 1.77 bits per heavy atom. The molecule has 6 nitrogen and oxygen atoms in total. The zero-order chi connectivity index (χ0) is 21.4. The molecule has 0 aliphatic carbocycles. The Bertz CT molecular complexity index is 1190.